The highest BCUT2D eigenvalue weighted by Crippen LogP contribution is 2.11. The van der Waals surface area contributed by atoms with Crippen LogP contribution < -0.4 is 10.6 Å². The second-order valence-electron chi connectivity index (χ2n) is 3.58. The summed E-state index contributed by atoms with van der Waals surface area (Å²) in [6.45, 7) is 1.81. The number of carboxylic acids is 1. The van der Waals surface area contributed by atoms with E-state index in [2.05, 4.69) is 10.6 Å². The average molecular weight is 256 g/mol. The molecule has 1 rings (SSSR count). The highest BCUT2D eigenvalue weighted by Gasteiger charge is 2.10. The molecule has 7 heteroatoms. The maximum Gasteiger partial charge on any atom is 0.329 e. The standard InChI is InChI=1S/C11H16N2O5/c1-8(9-3-2-5-18-9)13-11(16)12-4-6-17-7-10(14)15/h2-3,5,8H,4,6-7H2,1H3,(H,14,15)(H2,12,13,16). The smallest absolute Gasteiger partial charge is 0.329 e. The summed E-state index contributed by atoms with van der Waals surface area (Å²) in [6.07, 6.45) is 1.53. The van der Waals surface area contributed by atoms with E-state index in [1.807, 2.05) is 0 Å². The fraction of sp³-hybridized carbons (Fsp3) is 0.455. The molecular formula is C11H16N2O5. The number of aliphatic carboxylic acids is 1. The molecule has 0 saturated carbocycles. The molecule has 1 atom stereocenters. The lowest BCUT2D eigenvalue weighted by atomic mass is 10.2. The Bertz CT molecular complexity index is 377. The van der Waals surface area contributed by atoms with Crippen LogP contribution in [0.25, 0.3) is 0 Å². The van der Waals surface area contributed by atoms with E-state index >= 15 is 0 Å². The van der Waals surface area contributed by atoms with Gasteiger partial charge in [0.2, 0.25) is 0 Å². The summed E-state index contributed by atoms with van der Waals surface area (Å²) < 4.78 is 9.90. The van der Waals surface area contributed by atoms with E-state index in [0.29, 0.717) is 5.76 Å². The van der Waals surface area contributed by atoms with Crippen LogP contribution in [0.1, 0.15) is 18.7 Å². The fourth-order valence-corrected chi connectivity index (χ4v) is 1.25. The molecule has 0 bridgehead atoms. The minimum absolute atomic E-state index is 0.148. The molecule has 0 radical (unpaired) electrons. The number of carboxylic acid groups (broad SMARTS) is 1. The van der Waals surface area contributed by atoms with Crippen LogP contribution in [0.2, 0.25) is 0 Å². The number of furan rings is 1. The summed E-state index contributed by atoms with van der Waals surface area (Å²) in [5.74, 6) is -0.377. The van der Waals surface area contributed by atoms with E-state index in [1.54, 1.807) is 19.1 Å². The van der Waals surface area contributed by atoms with Gasteiger partial charge in [0.15, 0.2) is 0 Å². The van der Waals surface area contributed by atoms with Gasteiger partial charge in [-0.25, -0.2) is 9.59 Å². The van der Waals surface area contributed by atoms with Crippen molar-refractivity contribution in [1.82, 2.24) is 10.6 Å². The second-order valence-corrected chi connectivity index (χ2v) is 3.58. The molecule has 0 saturated heterocycles. The molecule has 1 heterocycles. The Morgan fingerprint density at radius 1 is 1.56 bits per heavy atom. The van der Waals surface area contributed by atoms with Gasteiger partial charge in [-0.15, -0.1) is 0 Å². The lowest BCUT2D eigenvalue weighted by molar-refractivity contribution is -0.142. The van der Waals surface area contributed by atoms with Crippen LogP contribution in [-0.4, -0.2) is 36.9 Å². The van der Waals surface area contributed by atoms with Crippen LogP contribution in [0.4, 0.5) is 4.79 Å². The molecule has 7 nitrogen and oxygen atoms in total. The third kappa shape index (κ3) is 5.35. The highest BCUT2D eigenvalue weighted by molar-refractivity contribution is 5.74. The summed E-state index contributed by atoms with van der Waals surface area (Å²) in [7, 11) is 0. The number of rotatable bonds is 7. The van der Waals surface area contributed by atoms with Gasteiger partial charge in [-0.2, -0.15) is 0 Å². The van der Waals surface area contributed by atoms with Crippen molar-refractivity contribution in [3.63, 3.8) is 0 Å². The first kappa shape index (κ1) is 14.0. The molecule has 1 unspecified atom stereocenters. The van der Waals surface area contributed by atoms with Crippen molar-refractivity contribution < 1.29 is 23.8 Å². The van der Waals surface area contributed by atoms with Gasteiger partial charge in [-0.05, 0) is 19.1 Å². The van der Waals surface area contributed by atoms with Crippen molar-refractivity contribution >= 4 is 12.0 Å². The van der Waals surface area contributed by atoms with Crippen molar-refractivity contribution in [3.05, 3.63) is 24.2 Å². The molecule has 2 amide bonds. The van der Waals surface area contributed by atoms with Gasteiger partial charge in [0.25, 0.3) is 0 Å². The largest absolute Gasteiger partial charge is 0.480 e. The molecule has 0 fully saturated rings. The maximum absolute atomic E-state index is 11.4. The zero-order chi connectivity index (χ0) is 13.4. The summed E-state index contributed by atoms with van der Waals surface area (Å²) in [4.78, 5) is 21.5. The molecule has 0 aliphatic heterocycles. The number of hydrogen-bond acceptors (Lipinski definition) is 4. The summed E-state index contributed by atoms with van der Waals surface area (Å²) in [6, 6.07) is 2.91. The number of amides is 2. The zero-order valence-electron chi connectivity index (χ0n) is 10.0. The van der Waals surface area contributed by atoms with E-state index in [4.69, 9.17) is 14.3 Å². The Kier molecular flexibility index (Phi) is 5.72. The topological polar surface area (TPSA) is 101 Å². The molecule has 0 aliphatic carbocycles. The molecule has 100 valence electrons. The van der Waals surface area contributed by atoms with Gasteiger partial charge in [-0.3, -0.25) is 0 Å². The van der Waals surface area contributed by atoms with E-state index in [9.17, 15) is 9.59 Å². The minimum atomic E-state index is -1.04. The second kappa shape index (κ2) is 7.33. The molecule has 0 aromatic carbocycles. The van der Waals surface area contributed by atoms with Gasteiger partial charge in [0, 0.05) is 6.54 Å². The van der Waals surface area contributed by atoms with Gasteiger partial charge in [-0.1, -0.05) is 0 Å². The van der Waals surface area contributed by atoms with Gasteiger partial charge < -0.3 is 24.9 Å². The predicted molar refractivity (Wildman–Crippen MR) is 62.1 cm³/mol. The minimum Gasteiger partial charge on any atom is -0.480 e. The molecule has 1 aromatic rings. The summed E-state index contributed by atoms with van der Waals surface area (Å²) >= 11 is 0. The van der Waals surface area contributed by atoms with Crippen molar-refractivity contribution in [2.24, 2.45) is 0 Å². The van der Waals surface area contributed by atoms with E-state index < -0.39 is 5.97 Å². The van der Waals surface area contributed by atoms with Gasteiger partial charge in [0.05, 0.1) is 18.9 Å². The summed E-state index contributed by atoms with van der Waals surface area (Å²) in [5, 5.41) is 13.5. The maximum atomic E-state index is 11.4. The third-order valence-electron chi connectivity index (χ3n) is 2.08. The van der Waals surface area contributed by atoms with E-state index in [0.717, 1.165) is 0 Å². The molecule has 3 N–H and O–H groups in total. The first-order valence-corrected chi connectivity index (χ1v) is 5.47. The highest BCUT2D eigenvalue weighted by atomic mass is 16.5. The lowest BCUT2D eigenvalue weighted by Gasteiger charge is -2.12. The van der Waals surface area contributed by atoms with Crippen LogP contribution >= 0.6 is 0 Å². The van der Waals surface area contributed by atoms with E-state index in [-0.39, 0.29) is 31.8 Å². The Balaban J connectivity index is 2.12. The quantitative estimate of drug-likeness (QED) is 0.625. The Hall–Kier alpha value is -2.02. The molecule has 18 heavy (non-hydrogen) atoms. The average Bonchev–Trinajstić information content (AvgIpc) is 2.81. The van der Waals surface area contributed by atoms with Crippen LogP contribution in [0.5, 0.6) is 0 Å². The van der Waals surface area contributed by atoms with Gasteiger partial charge >= 0.3 is 12.0 Å². The number of carbonyl (C=O) groups is 2. The first-order valence-electron chi connectivity index (χ1n) is 5.47. The van der Waals surface area contributed by atoms with Crippen LogP contribution in [0.3, 0.4) is 0 Å². The normalized spacial score (nSPS) is 11.8. The zero-order valence-corrected chi connectivity index (χ0v) is 10.0. The third-order valence-corrected chi connectivity index (χ3v) is 2.08. The van der Waals surface area contributed by atoms with Crippen molar-refractivity contribution in [1.29, 1.82) is 0 Å². The fourth-order valence-electron chi connectivity index (χ4n) is 1.25. The lowest BCUT2D eigenvalue weighted by Crippen LogP contribution is -2.38. The molecule has 0 spiro atoms. The van der Waals surface area contributed by atoms with Crippen molar-refractivity contribution in [2.45, 2.75) is 13.0 Å². The van der Waals surface area contributed by atoms with Crippen molar-refractivity contribution in [2.75, 3.05) is 19.8 Å². The van der Waals surface area contributed by atoms with Crippen LogP contribution in [0, 0.1) is 0 Å². The molecular weight excluding hydrogens is 240 g/mol. The number of carbonyl (C=O) groups excluding carboxylic acids is 1. The predicted octanol–water partition coefficient (Wildman–Crippen LogP) is 0.741. The summed E-state index contributed by atoms with van der Waals surface area (Å²) in [5.41, 5.74) is 0. The number of ether oxygens (including phenoxy) is 1. The monoisotopic (exact) mass is 256 g/mol. The first-order chi connectivity index (χ1) is 8.59. The Morgan fingerprint density at radius 2 is 2.33 bits per heavy atom. The van der Waals surface area contributed by atoms with E-state index in [1.165, 1.54) is 6.26 Å². The van der Waals surface area contributed by atoms with Crippen molar-refractivity contribution in [3.8, 4) is 0 Å². The molecule has 1 aromatic heterocycles. The number of urea groups is 1. The Morgan fingerprint density at radius 3 is 2.94 bits per heavy atom. The number of hydrogen-bond donors (Lipinski definition) is 3. The van der Waals surface area contributed by atoms with Gasteiger partial charge in [0.1, 0.15) is 12.4 Å². The molecule has 0 aliphatic rings. The number of nitrogens with one attached hydrogen (secondary N) is 2. The van der Waals surface area contributed by atoms with Crippen LogP contribution in [0.15, 0.2) is 22.8 Å². The Labute approximate surface area is 104 Å². The SMILES string of the molecule is CC(NC(=O)NCCOCC(=O)O)c1ccco1. The van der Waals surface area contributed by atoms with Crippen LogP contribution in [-0.2, 0) is 9.53 Å².